The molecular weight excluding hydrogens is 316 g/mol. The van der Waals surface area contributed by atoms with Gasteiger partial charge in [0.2, 0.25) is 0 Å². The molecule has 0 fully saturated rings. The highest BCUT2D eigenvalue weighted by molar-refractivity contribution is 7.71. The van der Waals surface area contributed by atoms with Crippen molar-refractivity contribution in [1.82, 2.24) is 9.97 Å². The summed E-state index contributed by atoms with van der Waals surface area (Å²) < 4.78 is 5.89. The normalized spacial score (nSPS) is 12.9. The van der Waals surface area contributed by atoms with E-state index in [4.69, 9.17) is 17.0 Å². The van der Waals surface area contributed by atoms with Crippen LogP contribution in [-0.4, -0.2) is 17.1 Å². The second-order valence-corrected chi connectivity index (χ2v) is 6.37. The van der Waals surface area contributed by atoms with Crippen molar-refractivity contribution >= 4 is 12.2 Å². The molecule has 4 heteroatoms. The maximum atomic E-state index is 5.42. The molecule has 1 aromatic heterocycles. The van der Waals surface area contributed by atoms with Gasteiger partial charge in [0.15, 0.2) is 4.77 Å². The predicted octanol–water partition coefficient (Wildman–Crippen LogP) is 4.97. The van der Waals surface area contributed by atoms with Gasteiger partial charge in [-0.1, -0.05) is 36.4 Å². The highest BCUT2D eigenvalue weighted by Crippen LogP contribution is 2.36. The topological polar surface area (TPSA) is 37.9 Å². The Bertz CT molecular complexity index is 962. The molecule has 0 aliphatic heterocycles. The molecule has 3 nitrogen and oxygen atoms in total. The maximum absolute atomic E-state index is 5.42. The summed E-state index contributed by atoms with van der Waals surface area (Å²) in [5.41, 5.74) is 6.96. The van der Waals surface area contributed by atoms with E-state index in [0.29, 0.717) is 4.77 Å². The number of fused-ring (bicyclic) bond motifs is 3. The standard InChI is InChI=1S/C20H18N2OS/c1-23-15-9-4-8-14(12-15)18-17-11-5-7-13-6-2-3-10-16(13)19(17)22-20(24)21-18/h2-4,6,8-10,12H,5,7,11H2,1H3,(H,21,22,24). The molecule has 1 aliphatic rings. The lowest BCUT2D eigenvalue weighted by Gasteiger charge is -2.14. The van der Waals surface area contributed by atoms with E-state index < -0.39 is 0 Å². The van der Waals surface area contributed by atoms with Crippen LogP contribution in [0.15, 0.2) is 48.5 Å². The Hall–Kier alpha value is -2.46. The molecule has 0 spiro atoms. The first-order chi connectivity index (χ1) is 11.8. The number of aryl methyl sites for hydroxylation is 1. The summed E-state index contributed by atoms with van der Waals surface area (Å²) in [5, 5.41) is 0. The maximum Gasteiger partial charge on any atom is 0.197 e. The number of benzene rings is 2. The molecule has 4 rings (SSSR count). The third-order valence-electron chi connectivity index (χ3n) is 4.54. The quantitative estimate of drug-likeness (QED) is 0.672. The first kappa shape index (κ1) is 15.1. The molecule has 3 aromatic rings. The van der Waals surface area contributed by atoms with Gasteiger partial charge < -0.3 is 9.72 Å². The van der Waals surface area contributed by atoms with Crippen LogP contribution in [0, 0.1) is 4.77 Å². The molecule has 0 atom stereocenters. The van der Waals surface area contributed by atoms with Crippen LogP contribution in [0.25, 0.3) is 22.5 Å². The van der Waals surface area contributed by atoms with Gasteiger partial charge in [-0.15, -0.1) is 0 Å². The molecule has 1 heterocycles. The fraction of sp³-hybridized carbons (Fsp3) is 0.200. The van der Waals surface area contributed by atoms with Crippen molar-refractivity contribution in [2.75, 3.05) is 7.11 Å². The molecular formula is C20H18N2OS. The van der Waals surface area contributed by atoms with E-state index >= 15 is 0 Å². The van der Waals surface area contributed by atoms with E-state index in [1.165, 1.54) is 16.7 Å². The van der Waals surface area contributed by atoms with E-state index in [1.807, 2.05) is 18.2 Å². The van der Waals surface area contributed by atoms with Crippen LogP contribution in [0.2, 0.25) is 0 Å². The minimum Gasteiger partial charge on any atom is -0.497 e. The smallest absolute Gasteiger partial charge is 0.197 e. The average molecular weight is 334 g/mol. The molecule has 0 saturated carbocycles. The fourth-order valence-corrected chi connectivity index (χ4v) is 3.61. The largest absolute Gasteiger partial charge is 0.497 e. The summed E-state index contributed by atoms with van der Waals surface area (Å²) >= 11 is 5.42. The van der Waals surface area contributed by atoms with Crippen molar-refractivity contribution in [1.29, 1.82) is 0 Å². The van der Waals surface area contributed by atoms with Crippen molar-refractivity contribution in [3.8, 4) is 28.3 Å². The Labute approximate surface area is 146 Å². The van der Waals surface area contributed by atoms with E-state index in [-0.39, 0.29) is 0 Å². The summed E-state index contributed by atoms with van der Waals surface area (Å²) in [6.07, 6.45) is 3.16. The zero-order valence-corrected chi connectivity index (χ0v) is 14.3. The lowest BCUT2D eigenvalue weighted by atomic mass is 9.98. The van der Waals surface area contributed by atoms with Gasteiger partial charge in [0.25, 0.3) is 0 Å². The Morgan fingerprint density at radius 2 is 1.96 bits per heavy atom. The molecule has 24 heavy (non-hydrogen) atoms. The number of H-pyrrole nitrogens is 1. The van der Waals surface area contributed by atoms with Gasteiger partial charge in [-0.2, -0.15) is 0 Å². The summed E-state index contributed by atoms with van der Waals surface area (Å²) in [6, 6.07) is 16.6. The van der Waals surface area contributed by atoms with Gasteiger partial charge in [0.05, 0.1) is 18.5 Å². The molecule has 0 unspecified atom stereocenters. The second-order valence-electron chi connectivity index (χ2n) is 5.99. The predicted molar refractivity (Wildman–Crippen MR) is 98.9 cm³/mol. The van der Waals surface area contributed by atoms with Crippen LogP contribution in [0.5, 0.6) is 5.75 Å². The zero-order chi connectivity index (χ0) is 16.5. The zero-order valence-electron chi connectivity index (χ0n) is 13.5. The van der Waals surface area contributed by atoms with Crippen molar-refractivity contribution in [3.05, 3.63) is 64.4 Å². The lowest BCUT2D eigenvalue weighted by molar-refractivity contribution is 0.415. The average Bonchev–Trinajstić information content (AvgIpc) is 2.81. The van der Waals surface area contributed by atoms with Crippen LogP contribution in [0.4, 0.5) is 0 Å². The minimum absolute atomic E-state index is 0.517. The Morgan fingerprint density at radius 3 is 2.83 bits per heavy atom. The third kappa shape index (κ3) is 2.63. The highest BCUT2D eigenvalue weighted by Gasteiger charge is 2.19. The Balaban J connectivity index is 1.99. The SMILES string of the molecule is COc1cccc(-c2nc(=S)[nH]c3c2CCCc2ccccc2-3)c1. The molecule has 2 aromatic carbocycles. The minimum atomic E-state index is 0.517. The number of aromatic nitrogens is 2. The fourth-order valence-electron chi connectivity index (χ4n) is 3.42. The molecule has 0 amide bonds. The Kier molecular flexibility index (Phi) is 3.90. The second kappa shape index (κ2) is 6.21. The first-order valence-corrected chi connectivity index (χ1v) is 8.53. The first-order valence-electron chi connectivity index (χ1n) is 8.12. The van der Waals surface area contributed by atoms with Crippen LogP contribution in [0.3, 0.4) is 0 Å². The highest BCUT2D eigenvalue weighted by atomic mass is 32.1. The van der Waals surface area contributed by atoms with Crippen molar-refractivity contribution in [2.24, 2.45) is 0 Å². The van der Waals surface area contributed by atoms with Crippen molar-refractivity contribution in [3.63, 3.8) is 0 Å². The van der Waals surface area contributed by atoms with Gasteiger partial charge >= 0.3 is 0 Å². The number of hydrogen-bond acceptors (Lipinski definition) is 3. The van der Waals surface area contributed by atoms with Gasteiger partial charge in [-0.05, 0) is 49.2 Å². The summed E-state index contributed by atoms with van der Waals surface area (Å²) in [4.78, 5) is 7.99. The summed E-state index contributed by atoms with van der Waals surface area (Å²) in [7, 11) is 1.68. The van der Waals surface area contributed by atoms with E-state index in [2.05, 4.69) is 40.3 Å². The van der Waals surface area contributed by atoms with Gasteiger partial charge in [0.1, 0.15) is 5.75 Å². The van der Waals surface area contributed by atoms with Crippen molar-refractivity contribution in [2.45, 2.75) is 19.3 Å². The summed E-state index contributed by atoms with van der Waals surface area (Å²) in [5.74, 6) is 0.829. The van der Waals surface area contributed by atoms with Crippen LogP contribution >= 0.6 is 12.2 Å². The Morgan fingerprint density at radius 1 is 1.08 bits per heavy atom. The van der Waals surface area contributed by atoms with Gasteiger partial charge in [-0.25, -0.2) is 4.98 Å². The van der Waals surface area contributed by atoms with Crippen LogP contribution in [-0.2, 0) is 12.8 Å². The van der Waals surface area contributed by atoms with E-state index in [1.54, 1.807) is 7.11 Å². The molecule has 0 radical (unpaired) electrons. The number of hydrogen-bond donors (Lipinski definition) is 1. The molecule has 1 N–H and O–H groups in total. The van der Waals surface area contributed by atoms with E-state index in [9.17, 15) is 0 Å². The lowest BCUT2D eigenvalue weighted by Crippen LogP contribution is -2.00. The number of nitrogens with zero attached hydrogens (tertiary/aromatic N) is 1. The number of aromatic amines is 1. The molecule has 120 valence electrons. The number of nitrogens with one attached hydrogen (secondary N) is 1. The van der Waals surface area contributed by atoms with Crippen molar-refractivity contribution < 1.29 is 4.74 Å². The number of methoxy groups -OCH3 is 1. The van der Waals surface area contributed by atoms with Gasteiger partial charge in [-0.3, -0.25) is 0 Å². The number of ether oxygens (including phenoxy) is 1. The third-order valence-corrected chi connectivity index (χ3v) is 4.73. The molecule has 1 aliphatic carbocycles. The van der Waals surface area contributed by atoms with Crippen LogP contribution in [0.1, 0.15) is 17.5 Å². The monoisotopic (exact) mass is 334 g/mol. The van der Waals surface area contributed by atoms with E-state index in [0.717, 1.165) is 42.0 Å². The van der Waals surface area contributed by atoms with Gasteiger partial charge in [0, 0.05) is 16.7 Å². The molecule has 0 saturated heterocycles. The molecule has 0 bridgehead atoms. The number of rotatable bonds is 2. The van der Waals surface area contributed by atoms with Crippen LogP contribution < -0.4 is 4.74 Å². The summed E-state index contributed by atoms with van der Waals surface area (Å²) in [6.45, 7) is 0.